The maximum atomic E-state index is 13.3. The Bertz CT molecular complexity index is 1790. The molecular formula is C64H111NO18. The number of hydrogen-bond donors (Lipinski definition) is 12. The number of amides is 1. The first-order valence-electron chi connectivity index (χ1n) is 31.7. The van der Waals surface area contributed by atoms with Gasteiger partial charge in [-0.15, -0.1) is 0 Å². The summed E-state index contributed by atoms with van der Waals surface area (Å²) in [6.45, 7) is 1.55. The molecule has 0 saturated carbocycles. The van der Waals surface area contributed by atoms with E-state index in [9.17, 15) is 61.0 Å². The molecule has 0 aliphatic carbocycles. The molecule has 480 valence electrons. The van der Waals surface area contributed by atoms with Gasteiger partial charge < -0.3 is 89.9 Å². The fraction of sp³-hybridized carbons (Fsp3) is 0.797. The van der Waals surface area contributed by atoms with Crippen LogP contribution in [0.3, 0.4) is 0 Å². The number of aliphatic hydroxyl groups excluding tert-OH is 11. The van der Waals surface area contributed by atoms with Crippen LogP contribution >= 0.6 is 0 Å². The van der Waals surface area contributed by atoms with Crippen molar-refractivity contribution in [2.45, 2.75) is 298 Å². The number of aliphatic hydroxyl groups is 11. The number of carbonyl (C=O) groups is 1. The van der Waals surface area contributed by atoms with Gasteiger partial charge in [0.05, 0.1) is 38.6 Å². The molecule has 3 heterocycles. The normalized spacial score (nSPS) is 29.9. The van der Waals surface area contributed by atoms with Gasteiger partial charge in [-0.3, -0.25) is 4.79 Å². The smallest absolute Gasteiger partial charge is 0.220 e. The summed E-state index contributed by atoms with van der Waals surface area (Å²) < 4.78 is 34.2. The second-order valence-electron chi connectivity index (χ2n) is 22.5. The zero-order valence-electron chi connectivity index (χ0n) is 50.1. The van der Waals surface area contributed by atoms with Crippen LogP contribution in [0.25, 0.3) is 0 Å². The molecule has 0 aromatic rings. The third kappa shape index (κ3) is 29.7. The molecule has 17 atom stereocenters. The van der Waals surface area contributed by atoms with Crippen molar-refractivity contribution in [3.05, 3.63) is 72.9 Å². The number of nitrogens with one attached hydrogen (secondary N) is 1. The van der Waals surface area contributed by atoms with Gasteiger partial charge in [0.25, 0.3) is 0 Å². The first kappa shape index (κ1) is 74.5. The average molecular weight is 1180 g/mol. The Hall–Kier alpha value is -2.77. The largest absolute Gasteiger partial charge is 0.394 e. The third-order valence-electron chi connectivity index (χ3n) is 15.5. The van der Waals surface area contributed by atoms with Crippen LogP contribution in [-0.2, 0) is 33.2 Å². The first-order chi connectivity index (χ1) is 40.3. The lowest BCUT2D eigenvalue weighted by Gasteiger charge is -2.48. The van der Waals surface area contributed by atoms with Gasteiger partial charge in [0.15, 0.2) is 18.9 Å². The fourth-order valence-corrected chi connectivity index (χ4v) is 10.3. The van der Waals surface area contributed by atoms with Gasteiger partial charge >= 0.3 is 0 Å². The van der Waals surface area contributed by atoms with Crippen molar-refractivity contribution in [2.24, 2.45) is 0 Å². The van der Waals surface area contributed by atoms with Crippen molar-refractivity contribution < 1.29 is 89.4 Å². The Morgan fingerprint density at radius 2 is 0.843 bits per heavy atom. The Morgan fingerprint density at radius 3 is 1.35 bits per heavy atom. The zero-order valence-corrected chi connectivity index (χ0v) is 50.1. The Morgan fingerprint density at radius 1 is 0.446 bits per heavy atom. The highest BCUT2D eigenvalue weighted by Gasteiger charge is 2.53. The zero-order chi connectivity index (χ0) is 60.5. The van der Waals surface area contributed by atoms with Crippen LogP contribution in [0.15, 0.2) is 72.9 Å². The number of rotatable bonds is 46. The lowest BCUT2D eigenvalue weighted by atomic mass is 9.96. The summed E-state index contributed by atoms with van der Waals surface area (Å²) in [5, 5.41) is 120. The van der Waals surface area contributed by atoms with Crippen molar-refractivity contribution in [1.82, 2.24) is 5.32 Å². The van der Waals surface area contributed by atoms with Crippen LogP contribution in [-0.4, -0.2) is 193 Å². The monoisotopic (exact) mass is 1180 g/mol. The summed E-state index contributed by atoms with van der Waals surface area (Å²) in [7, 11) is 0. The maximum Gasteiger partial charge on any atom is 0.220 e. The van der Waals surface area contributed by atoms with Crippen molar-refractivity contribution >= 4 is 5.91 Å². The van der Waals surface area contributed by atoms with Gasteiger partial charge in [0.1, 0.15) is 73.2 Å². The predicted molar refractivity (Wildman–Crippen MR) is 318 cm³/mol. The second-order valence-corrected chi connectivity index (χ2v) is 22.5. The molecule has 17 unspecified atom stereocenters. The van der Waals surface area contributed by atoms with Gasteiger partial charge in [-0.05, 0) is 70.6 Å². The Balaban J connectivity index is 1.50. The van der Waals surface area contributed by atoms with E-state index in [4.69, 9.17) is 28.4 Å². The number of carbonyl (C=O) groups excluding carboxylic acids is 1. The molecule has 0 radical (unpaired) electrons. The maximum absolute atomic E-state index is 13.3. The van der Waals surface area contributed by atoms with E-state index in [0.29, 0.717) is 12.8 Å². The van der Waals surface area contributed by atoms with E-state index in [1.165, 1.54) is 103 Å². The van der Waals surface area contributed by atoms with E-state index in [-0.39, 0.29) is 18.9 Å². The lowest BCUT2D eigenvalue weighted by molar-refractivity contribution is -0.379. The van der Waals surface area contributed by atoms with Gasteiger partial charge in [-0.2, -0.15) is 0 Å². The summed E-state index contributed by atoms with van der Waals surface area (Å²) in [5.74, 6) is -0.328. The van der Waals surface area contributed by atoms with E-state index in [1.807, 2.05) is 6.08 Å². The summed E-state index contributed by atoms with van der Waals surface area (Å²) in [4.78, 5) is 13.3. The van der Waals surface area contributed by atoms with E-state index < -0.39 is 124 Å². The molecule has 19 heteroatoms. The molecule has 19 nitrogen and oxygen atoms in total. The van der Waals surface area contributed by atoms with Crippen LogP contribution < -0.4 is 5.32 Å². The van der Waals surface area contributed by atoms with Crippen LogP contribution in [0.1, 0.15) is 194 Å². The standard InChI is InChI=1S/C64H111NO18/c1-3-5-7-9-11-13-15-17-19-20-21-22-23-24-25-26-28-29-31-33-35-37-39-41-48(69)47(65-52(70)42-40-38-36-34-32-30-27-18-16-14-12-10-8-6-4-2)46-78-62-58(76)55(73)60(50(44-67)80-62)83-64-59(77)56(74)61(51(45-68)81-64)82-63-57(75)54(72)53(71)49(43-66)79-63/h6,8,12,14,18,27,31-34,39,41,47-51,53-64,66-69,71-77H,3-5,7,9-11,13,15-17,19-26,28-30,35-38,40,42-46H2,1-2H3,(H,65,70)/b8-6-,14-12-,27-18-,33-31+,34-32-,41-39+. The molecule has 0 aromatic heterocycles. The molecule has 3 aliphatic heterocycles. The van der Waals surface area contributed by atoms with Crippen molar-refractivity contribution in [3.8, 4) is 0 Å². The molecule has 3 rings (SSSR count). The number of allylic oxidation sites excluding steroid dienone is 11. The van der Waals surface area contributed by atoms with Crippen LogP contribution in [0.5, 0.6) is 0 Å². The van der Waals surface area contributed by atoms with Crippen LogP contribution in [0.4, 0.5) is 0 Å². The molecular weight excluding hydrogens is 1070 g/mol. The molecule has 0 spiro atoms. The summed E-state index contributed by atoms with van der Waals surface area (Å²) >= 11 is 0. The topological polar surface area (TPSA) is 307 Å². The SMILES string of the molecule is CC/C=C\C/C=C\C/C=C\C/C=C\CCCCC(=O)NC(COC1OC(CO)C(OC2OC(CO)C(OC3OC(CO)C(O)C(O)C3O)C(O)C2O)C(O)C1O)C(O)/C=C/CC/C=C/CCCCCCCCCCCCCCCCCCC. The minimum atomic E-state index is -1.99. The van der Waals surface area contributed by atoms with Gasteiger partial charge in [-0.25, -0.2) is 0 Å². The molecule has 12 N–H and O–H groups in total. The van der Waals surface area contributed by atoms with Gasteiger partial charge in [0.2, 0.25) is 5.91 Å². The molecule has 1 amide bonds. The number of unbranched alkanes of at least 4 members (excludes halogenated alkanes) is 20. The van der Waals surface area contributed by atoms with E-state index in [0.717, 1.165) is 57.8 Å². The number of ether oxygens (including phenoxy) is 6. The minimum absolute atomic E-state index is 0.180. The molecule has 0 bridgehead atoms. The van der Waals surface area contributed by atoms with Crippen LogP contribution in [0, 0.1) is 0 Å². The van der Waals surface area contributed by atoms with Gasteiger partial charge in [0, 0.05) is 6.42 Å². The molecule has 3 saturated heterocycles. The summed E-state index contributed by atoms with van der Waals surface area (Å²) in [5.41, 5.74) is 0. The van der Waals surface area contributed by atoms with E-state index in [1.54, 1.807) is 6.08 Å². The minimum Gasteiger partial charge on any atom is -0.394 e. The average Bonchev–Trinajstić information content (AvgIpc) is 3.15. The molecule has 0 aromatic carbocycles. The van der Waals surface area contributed by atoms with Gasteiger partial charge in [-0.1, -0.05) is 189 Å². The highest BCUT2D eigenvalue weighted by atomic mass is 16.8. The summed E-state index contributed by atoms with van der Waals surface area (Å²) in [6.07, 6.45) is 29.0. The van der Waals surface area contributed by atoms with E-state index in [2.05, 4.69) is 79.9 Å². The van der Waals surface area contributed by atoms with E-state index >= 15 is 0 Å². The lowest BCUT2D eigenvalue weighted by Crippen LogP contribution is -2.66. The highest BCUT2D eigenvalue weighted by Crippen LogP contribution is 2.33. The molecule has 83 heavy (non-hydrogen) atoms. The predicted octanol–water partition coefficient (Wildman–Crippen LogP) is 6.60. The summed E-state index contributed by atoms with van der Waals surface area (Å²) in [6, 6.07) is -1.02. The molecule has 3 fully saturated rings. The molecule has 3 aliphatic rings. The van der Waals surface area contributed by atoms with Crippen molar-refractivity contribution in [3.63, 3.8) is 0 Å². The van der Waals surface area contributed by atoms with Crippen molar-refractivity contribution in [2.75, 3.05) is 26.4 Å². The second kappa shape index (κ2) is 46.4. The number of hydrogen-bond acceptors (Lipinski definition) is 18. The Kier molecular flexibility index (Phi) is 41.6. The third-order valence-corrected chi connectivity index (χ3v) is 15.5. The first-order valence-corrected chi connectivity index (χ1v) is 31.7. The highest BCUT2D eigenvalue weighted by molar-refractivity contribution is 5.76. The quantitative estimate of drug-likeness (QED) is 0.0226. The Labute approximate surface area is 496 Å². The fourth-order valence-electron chi connectivity index (χ4n) is 10.3. The van der Waals surface area contributed by atoms with Crippen LogP contribution in [0.2, 0.25) is 0 Å². The van der Waals surface area contributed by atoms with Crippen molar-refractivity contribution in [1.29, 1.82) is 0 Å².